The fourth-order valence-electron chi connectivity index (χ4n) is 0.477. The molecular formula is C6H10N2O2. The zero-order valence-corrected chi connectivity index (χ0v) is 4.89. The van der Waals surface area contributed by atoms with Gasteiger partial charge in [0.1, 0.15) is 0 Å². The highest BCUT2D eigenvalue weighted by atomic mass is 16.2. The Balaban J connectivity index is 0.000000810. The average Bonchev–Trinajstić information content (AvgIpc) is 1.80. The minimum absolute atomic E-state index is 0. The summed E-state index contributed by atoms with van der Waals surface area (Å²) >= 11 is 0. The molecule has 4 heteroatoms. The summed E-state index contributed by atoms with van der Waals surface area (Å²) in [4.78, 5) is 25.3. The summed E-state index contributed by atoms with van der Waals surface area (Å²) in [6.45, 7) is 1.62. The molecule has 1 heterocycles. The summed E-state index contributed by atoms with van der Waals surface area (Å²) in [6, 6.07) is 0. The molecule has 0 aromatic carbocycles. The predicted molar refractivity (Wildman–Crippen MR) is 39.2 cm³/mol. The standard InChI is InChI=1S/C5H6N2O2.CH4/c1-3-2-6-5(9)7-4(3)8;/h2H,1H3,(H2,6,7,8,9);1H4. The van der Waals surface area contributed by atoms with E-state index in [2.05, 4.69) is 9.97 Å². The van der Waals surface area contributed by atoms with Gasteiger partial charge in [-0.05, 0) is 6.92 Å². The summed E-state index contributed by atoms with van der Waals surface area (Å²) in [5.41, 5.74) is -0.293. The normalized spacial score (nSPS) is 8.50. The van der Waals surface area contributed by atoms with E-state index < -0.39 is 5.69 Å². The molecule has 1 rings (SSSR count). The summed E-state index contributed by atoms with van der Waals surface area (Å²) in [5.74, 6) is 0. The number of hydrogen-bond acceptors (Lipinski definition) is 2. The molecule has 1 aromatic heterocycles. The molecule has 0 unspecified atom stereocenters. The predicted octanol–water partition coefficient (Wildman–Crippen LogP) is 0.00772. The topological polar surface area (TPSA) is 65.7 Å². The van der Waals surface area contributed by atoms with Crippen molar-refractivity contribution in [2.45, 2.75) is 14.4 Å². The first-order valence-electron chi connectivity index (χ1n) is 2.49. The molecule has 0 spiro atoms. The zero-order valence-electron chi connectivity index (χ0n) is 4.89. The van der Waals surface area contributed by atoms with Crippen LogP contribution < -0.4 is 11.2 Å². The number of aromatic amines is 2. The van der Waals surface area contributed by atoms with Crippen molar-refractivity contribution in [3.63, 3.8) is 0 Å². The lowest BCUT2D eigenvalue weighted by Crippen LogP contribution is -2.22. The van der Waals surface area contributed by atoms with Crippen LogP contribution in [0, 0.1) is 6.92 Å². The maximum Gasteiger partial charge on any atom is 0.325 e. The highest BCUT2D eigenvalue weighted by molar-refractivity contribution is 4.98. The molecule has 0 fully saturated rings. The number of nitrogens with one attached hydrogen (secondary N) is 2. The van der Waals surface area contributed by atoms with Gasteiger partial charge in [0.2, 0.25) is 0 Å². The molecule has 0 saturated heterocycles. The molecule has 0 aliphatic carbocycles. The molecule has 0 aliphatic heterocycles. The molecule has 0 aliphatic rings. The van der Waals surface area contributed by atoms with Crippen molar-refractivity contribution in [3.05, 3.63) is 32.6 Å². The molecule has 56 valence electrons. The molecule has 10 heavy (non-hydrogen) atoms. The van der Waals surface area contributed by atoms with Gasteiger partial charge in [0.15, 0.2) is 0 Å². The molecular weight excluding hydrogens is 132 g/mol. The van der Waals surface area contributed by atoms with E-state index in [0.29, 0.717) is 5.56 Å². The number of H-pyrrole nitrogens is 2. The lowest BCUT2D eigenvalue weighted by Gasteiger charge is -1.84. The molecule has 1 aromatic rings. The largest absolute Gasteiger partial charge is 0.325 e. The summed E-state index contributed by atoms with van der Waals surface area (Å²) < 4.78 is 0. The third-order valence-electron chi connectivity index (χ3n) is 1.00. The van der Waals surface area contributed by atoms with E-state index in [0.717, 1.165) is 0 Å². The van der Waals surface area contributed by atoms with Gasteiger partial charge in [-0.2, -0.15) is 0 Å². The van der Waals surface area contributed by atoms with Crippen molar-refractivity contribution in [1.29, 1.82) is 0 Å². The van der Waals surface area contributed by atoms with E-state index in [1.807, 2.05) is 0 Å². The molecule has 0 atom stereocenters. The first kappa shape index (κ1) is 8.68. The minimum Gasteiger partial charge on any atom is -0.314 e. The second kappa shape index (κ2) is 3.00. The number of aromatic nitrogens is 2. The second-order valence-corrected chi connectivity index (χ2v) is 1.75. The van der Waals surface area contributed by atoms with Gasteiger partial charge in [-0.15, -0.1) is 0 Å². The van der Waals surface area contributed by atoms with Crippen molar-refractivity contribution < 1.29 is 0 Å². The number of aryl methyl sites for hydroxylation is 1. The highest BCUT2D eigenvalue weighted by Crippen LogP contribution is 1.73. The van der Waals surface area contributed by atoms with Gasteiger partial charge in [-0.25, -0.2) is 4.79 Å². The zero-order chi connectivity index (χ0) is 6.85. The average molecular weight is 142 g/mol. The van der Waals surface area contributed by atoms with Crippen LogP contribution in [0.2, 0.25) is 0 Å². The van der Waals surface area contributed by atoms with Gasteiger partial charge in [0.05, 0.1) is 0 Å². The van der Waals surface area contributed by atoms with Gasteiger partial charge < -0.3 is 4.98 Å². The van der Waals surface area contributed by atoms with E-state index in [9.17, 15) is 9.59 Å². The van der Waals surface area contributed by atoms with Crippen molar-refractivity contribution in [1.82, 2.24) is 9.97 Å². The summed E-state index contributed by atoms with van der Waals surface area (Å²) in [6.07, 6.45) is 1.38. The van der Waals surface area contributed by atoms with Crippen LogP contribution in [0.15, 0.2) is 15.8 Å². The van der Waals surface area contributed by atoms with Gasteiger partial charge >= 0.3 is 5.69 Å². The van der Waals surface area contributed by atoms with Crippen molar-refractivity contribution in [2.24, 2.45) is 0 Å². The fourth-order valence-corrected chi connectivity index (χ4v) is 0.477. The van der Waals surface area contributed by atoms with E-state index in [-0.39, 0.29) is 13.0 Å². The van der Waals surface area contributed by atoms with E-state index in [1.54, 1.807) is 6.92 Å². The lowest BCUT2D eigenvalue weighted by atomic mass is 10.4. The van der Waals surface area contributed by atoms with Crippen LogP contribution in [0.25, 0.3) is 0 Å². The maximum absolute atomic E-state index is 10.6. The molecule has 2 N–H and O–H groups in total. The van der Waals surface area contributed by atoms with Crippen molar-refractivity contribution >= 4 is 0 Å². The van der Waals surface area contributed by atoms with E-state index in [1.165, 1.54) is 6.20 Å². The Kier molecular flexibility index (Phi) is 2.61. The molecule has 0 radical (unpaired) electrons. The first-order valence-corrected chi connectivity index (χ1v) is 2.49. The fraction of sp³-hybridized carbons (Fsp3) is 0.333. The Morgan fingerprint density at radius 3 is 2.40 bits per heavy atom. The van der Waals surface area contributed by atoms with Crippen molar-refractivity contribution in [2.75, 3.05) is 0 Å². The van der Waals surface area contributed by atoms with Gasteiger partial charge in [-0.3, -0.25) is 9.78 Å². The number of rotatable bonds is 0. The Bertz CT molecular complexity index is 310. The smallest absolute Gasteiger partial charge is 0.314 e. The quantitative estimate of drug-likeness (QED) is 0.535. The SMILES string of the molecule is C.Cc1c[nH]c(=O)[nH]c1=O. The van der Waals surface area contributed by atoms with E-state index in [4.69, 9.17) is 0 Å². The van der Waals surface area contributed by atoms with Crippen LogP contribution in [-0.2, 0) is 0 Å². The van der Waals surface area contributed by atoms with Crippen LogP contribution >= 0.6 is 0 Å². The van der Waals surface area contributed by atoms with Gasteiger partial charge in [0.25, 0.3) is 5.56 Å². The third kappa shape index (κ3) is 1.58. The molecule has 0 bridgehead atoms. The van der Waals surface area contributed by atoms with Crippen molar-refractivity contribution in [3.8, 4) is 0 Å². The highest BCUT2D eigenvalue weighted by Gasteiger charge is 1.88. The Labute approximate surface area is 57.9 Å². The van der Waals surface area contributed by atoms with Crippen LogP contribution in [0.3, 0.4) is 0 Å². The first-order chi connectivity index (χ1) is 4.20. The van der Waals surface area contributed by atoms with Gasteiger partial charge in [0, 0.05) is 11.8 Å². The van der Waals surface area contributed by atoms with E-state index >= 15 is 0 Å². The van der Waals surface area contributed by atoms with Crippen LogP contribution in [0.5, 0.6) is 0 Å². The minimum atomic E-state index is -0.467. The Hall–Kier alpha value is -1.32. The third-order valence-corrected chi connectivity index (χ3v) is 1.00. The summed E-state index contributed by atoms with van der Waals surface area (Å²) in [7, 11) is 0. The van der Waals surface area contributed by atoms with Crippen LogP contribution in [0.4, 0.5) is 0 Å². The maximum atomic E-state index is 10.6. The molecule has 4 nitrogen and oxygen atoms in total. The van der Waals surface area contributed by atoms with Gasteiger partial charge in [-0.1, -0.05) is 7.43 Å². The van der Waals surface area contributed by atoms with Crippen LogP contribution in [-0.4, -0.2) is 9.97 Å². The Morgan fingerprint density at radius 1 is 1.40 bits per heavy atom. The second-order valence-electron chi connectivity index (χ2n) is 1.75. The number of hydrogen-bond donors (Lipinski definition) is 2. The lowest BCUT2D eigenvalue weighted by molar-refractivity contribution is 1.01. The molecule has 0 amide bonds. The Morgan fingerprint density at radius 2 is 2.00 bits per heavy atom. The monoisotopic (exact) mass is 142 g/mol. The summed E-state index contributed by atoms with van der Waals surface area (Å²) in [5, 5.41) is 0. The molecule has 0 saturated carbocycles. The van der Waals surface area contributed by atoms with Crippen LogP contribution in [0.1, 0.15) is 13.0 Å².